The second kappa shape index (κ2) is 6.61. The van der Waals surface area contributed by atoms with Crippen LogP contribution in [0.1, 0.15) is 10.4 Å². The minimum absolute atomic E-state index is 0.400. The molecule has 0 unspecified atom stereocenters. The molecule has 0 atom stereocenters. The zero-order chi connectivity index (χ0) is 13.7. The molecule has 0 amide bonds. The van der Waals surface area contributed by atoms with Gasteiger partial charge >= 0.3 is 5.97 Å². The second-order valence-corrected chi connectivity index (χ2v) is 5.26. The molecule has 4 nitrogen and oxygen atoms in total. The Morgan fingerprint density at radius 2 is 2.00 bits per heavy atom. The summed E-state index contributed by atoms with van der Waals surface area (Å²) in [6.45, 7) is 0. The maximum absolute atomic E-state index is 11.8. The van der Waals surface area contributed by atoms with Gasteiger partial charge < -0.3 is 14.4 Å². The molecule has 1 aromatic rings. The molecule has 0 bridgehead atoms. The molecule has 0 saturated carbocycles. The summed E-state index contributed by atoms with van der Waals surface area (Å²) in [5.41, 5.74) is 0.400. The number of esters is 1. The Balaban J connectivity index is 3.18. The fraction of sp³-hybridized carbons (Fsp3) is 0.333. The van der Waals surface area contributed by atoms with Crippen molar-refractivity contribution in [1.29, 1.82) is 0 Å². The fourth-order valence-corrected chi connectivity index (χ4v) is 2.33. The zero-order valence-corrected chi connectivity index (χ0v) is 12.4. The van der Waals surface area contributed by atoms with Crippen LogP contribution in [0, 0.1) is 0 Å². The third-order valence-electron chi connectivity index (χ3n) is 2.16. The average Bonchev–Trinajstić information content (AvgIpc) is 2.37. The number of carbonyl (C=O) groups excluding carboxylic acids is 1. The minimum atomic E-state index is -0.434. The molecule has 0 aliphatic heterocycles. The van der Waals surface area contributed by atoms with E-state index in [2.05, 4.69) is 0 Å². The van der Waals surface area contributed by atoms with Gasteiger partial charge in [0.1, 0.15) is 15.6 Å². The van der Waals surface area contributed by atoms with Crippen LogP contribution < -0.4 is 4.74 Å². The predicted octanol–water partition coefficient (Wildman–Crippen LogP) is 2.42. The van der Waals surface area contributed by atoms with Gasteiger partial charge in [0.25, 0.3) is 0 Å². The lowest BCUT2D eigenvalue weighted by Gasteiger charge is -2.15. The first-order valence-corrected chi connectivity index (χ1v) is 6.38. The molecular formula is C12H15NO3S2. The Morgan fingerprint density at radius 3 is 2.50 bits per heavy atom. The van der Waals surface area contributed by atoms with Gasteiger partial charge in [-0.3, -0.25) is 0 Å². The summed E-state index contributed by atoms with van der Waals surface area (Å²) in [7, 11) is 6.56. The van der Waals surface area contributed by atoms with Crippen molar-refractivity contribution < 1.29 is 14.3 Å². The van der Waals surface area contributed by atoms with Gasteiger partial charge in [-0.1, -0.05) is 30.0 Å². The summed E-state index contributed by atoms with van der Waals surface area (Å²) in [5, 5.41) is 0. The number of carbonyl (C=O) groups is 1. The van der Waals surface area contributed by atoms with Gasteiger partial charge in [-0.05, 0) is 12.1 Å². The number of rotatable bonds is 3. The number of thiocarbonyl (C=S) groups is 1. The van der Waals surface area contributed by atoms with Crippen LogP contribution in [0.3, 0.4) is 0 Å². The van der Waals surface area contributed by atoms with E-state index in [-0.39, 0.29) is 0 Å². The Labute approximate surface area is 116 Å². The van der Waals surface area contributed by atoms with E-state index in [1.54, 1.807) is 11.0 Å². The standard InChI is InChI=1S/C12H15NO3S2/c1-13(2)12(17)18-9-7-5-6-8(15-3)10(9)11(14)16-4/h5-7H,1-4H3. The van der Waals surface area contributed by atoms with E-state index in [4.69, 9.17) is 21.7 Å². The number of methoxy groups -OCH3 is 2. The first-order valence-electron chi connectivity index (χ1n) is 5.15. The highest BCUT2D eigenvalue weighted by molar-refractivity contribution is 8.23. The van der Waals surface area contributed by atoms with E-state index in [1.807, 2.05) is 26.2 Å². The van der Waals surface area contributed by atoms with Gasteiger partial charge in [-0.25, -0.2) is 4.79 Å². The van der Waals surface area contributed by atoms with E-state index < -0.39 is 5.97 Å². The predicted molar refractivity (Wildman–Crippen MR) is 76.5 cm³/mol. The Kier molecular flexibility index (Phi) is 5.43. The van der Waals surface area contributed by atoms with Crippen LogP contribution in [-0.2, 0) is 4.74 Å². The largest absolute Gasteiger partial charge is 0.496 e. The maximum Gasteiger partial charge on any atom is 0.342 e. The molecule has 1 rings (SSSR count). The molecule has 0 heterocycles. The molecule has 6 heteroatoms. The molecule has 0 radical (unpaired) electrons. The SMILES string of the molecule is COC(=O)c1c(OC)cccc1SC(=S)N(C)C. The smallest absolute Gasteiger partial charge is 0.342 e. The maximum atomic E-state index is 11.8. The Bertz CT molecular complexity index is 461. The van der Waals surface area contributed by atoms with Gasteiger partial charge in [-0.15, -0.1) is 0 Å². The zero-order valence-electron chi connectivity index (χ0n) is 10.7. The number of ether oxygens (including phenoxy) is 2. The summed E-state index contributed by atoms with van der Waals surface area (Å²) in [6, 6.07) is 5.34. The highest BCUT2D eigenvalue weighted by Crippen LogP contribution is 2.31. The highest BCUT2D eigenvalue weighted by atomic mass is 32.2. The minimum Gasteiger partial charge on any atom is -0.496 e. The lowest BCUT2D eigenvalue weighted by molar-refractivity contribution is 0.0593. The molecule has 1 aromatic carbocycles. The molecule has 18 heavy (non-hydrogen) atoms. The molecule has 0 saturated heterocycles. The molecule has 0 spiro atoms. The van der Waals surface area contributed by atoms with Crippen molar-refractivity contribution in [3.05, 3.63) is 23.8 Å². The van der Waals surface area contributed by atoms with Crippen molar-refractivity contribution in [2.45, 2.75) is 4.90 Å². The van der Waals surface area contributed by atoms with Crippen molar-refractivity contribution in [1.82, 2.24) is 4.90 Å². The van der Waals surface area contributed by atoms with Crippen LogP contribution in [0.4, 0.5) is 0 Å². The molecule has 0 N–H and O–H groups in total. The van der Waals surface area contributed by atoms with Crippen LogP contribution in [0.5, 0.6) is 5.75 Å². The lowest BCUT2D eigenvalue weighted by atomic mass is 10.2. The monoisotopic (exact) mass is 285 g/mol. The molecular weight excluding hydrogens is 270 g/mol. The summed E-state index contributed by atoms with van der Waals surface area (Å²) in [5.74, 6) is 0.0462. The Hall–Kier alpha value is -1.27. The van der Waals surface area contributed by atoms with Crippen molar-refractivity contribution >= 4 is 34.3 Å². The molecule has 0 aliphatic carbocycles. The van der Waals surface area contributed by atoms with Crippen LogP contribution >= 0.6 is 24.0 Å². The molecule has 98 valence electrons. The molecule has 0 aliphatic rings. The summed E-state index contributed by atoms with van der Waals surface area (Å²) >= 11 is 6.55. The third kappa shape index (κ3) is 3.36. The normalized spacial score (nSPS) is 9.78. The van der Waals surface area contributed by atoms with E-state index in [0.717, 1.165) is 4.90 Å². The van der Waals surface area contributed by atoms with Crippen LogP contribution in [0.2, 0.25) is 0 Å². The van der Waals surface area contributed by atoms with Gasteiger partial charge in [0, 0.05) is 19.0 Å². The topological polar surface area (TPSA) is 38.8 Å². The number of nitrogens with zero attached hydrogens (tertiary/aromatic N) is 1. The van der Waals surface area contributed by atoms with Crippen molar-refractivity contribution in [2.24, 2.45) is 0 Å². The molecule has 0 aromatic heterocycles. The van der Waals surface area contributed by atoms with Crippen LogP contribution in [0.15, 0.2) is 23.1 Å². The van der Waals surface area contributed by atoms with E-state index in [1.165, 1.54) is 26.0 Å². The van der Waals surface area contributed by atoms with Gasteiger partial charge in [-0.2, -0.15) is 0 Å². The van der Waals surface area contributed by atoms with Crippen molar-refractivity contribution in [2.75, 3.05) is 28.3 Å². The average molecular weight is 285 g/mol. The van der Waals surface area contributed by atoms with Crippen molar-refractivity contribution in [3.8, 4) is 5.75 Å². The highest BCUT2D eigenvalue weighted by Gasteiger charge is 2.19. The van der Waals surface area contributed by atoms with E-state index >= 15 is 0 Å². The van der Waals surface area contributed by atoms with Gasteiger partial charge in [0.05, 0.1) is 14.2 Å². The number of hydrogen-bond acceptors (Lipinski definition) is 5. The second-order valence-electron chi connectivity index (χ2n) is 3.59. The Morgan fingerprint density at radius 1 is 1.33 bits per heavy atom. The summed E-state index contributed by atoms with van der Waals surface area (Å²) in [4.78, 5) is 14.3. The summed E-state index contributed by atoms with van der Waals surface area (Å²) < 4.78 is 10.6. The first-order chi connectivity index (χ1) is 8.51. The third-order valence-corrected chi connectivity index (χ3v) is 3.87. The first kappa shape index (κ1) is 14.8. The van der Waals surface area contributed by atoms with Gasteiger partial charge in [0.2, 0.25) is 0 Å². The number of thioether (sulfide) groups is 1. The van der Waals surface area contributed by atoms with Gasteiger partial charge in [0.15, 0.2) is 0 Å². The number of hydrogen-bond donors (Lipinski definition) is 0. The number of benzene rings is 1. The van der Waals surface area contributed by atoms with E-state index in [0.29, 0.717) is 15.6 Å². The van der Waals surface area contributed by atoms with Crippen LogP contribution in [-0.4, -0.2) is 43.5 Å². The lowest BCUT2D eigenvalue weighted by Crippen LogP contribution is -2.16. The van der Waals surface area contributed by atoms with Crippen molar-refractivity contribution in [3.63, 3.8) is 0 Å². The fourth-order valence-electron chi connectivity index (χ4n) is 1.25. The van der Waals surface area contributed by atoms with Crippen LogP contribution in [0.25, 0.3) is 0 Å². The molecule has 0 fully saturated rings. The summed E-state index contributed by atoms with van der Waals surface area (Å²) in [6.07, 6.45) is 0. The quantitative estimate of drug-likeness (QED) is 0.482. The van der Waals surface area contributed by atoms with E-state index in [9.17, 15) is 4.79 Å².